The zero-order chi connectivity index (χ0) is 12.8. The minimum atomic E-state index is 0.0661. The Morgan fingerprint density at radius 1 is 1.29 bits per heavy atom. The average Bonchev–Trinajstić information content (AvgIpc) is 2.35. The van der Waals surface area contributed by atoms with Crippen LogP contribution in [0.25, 0.3) is 0 Å². The van der Waals surface area contributed by atoms with Crippen LogP contribution in [0, 0.1) is 0 Å². The summed E-state index contributed by atoms with van der Waals surface area (Å²) in [5.74, 6) is 0.946. The highest BCUT2D eigenvalue weighted by molar-refractivity contribution is 5.38. The van der Waals surface area contributed by atoms with Crippen molar-refractivity contribution in [3.05, 3.63) is 29.3 Å². The minimum Gasteiger partial charge on any atom is -0.496 e. The van der Waals surface area contributed by atoms with E-state index in [9.17, 15) is 0 Å². The molecule has 0 aliphatic rings. The second-order valence-corrected chi connectivity index (χ2v) is 4.32. The molecular weight excluding hydrogens is 212 g/mol. The van der Waals surface area contributed by atoms with Crippen LogP contribution < -0.4 is 10.5 Å². The van der Waals surface area contributed by atoms with Gasteiger partial charge in [0.25, 0.3) is 0 Å². The Morgan fingerprint density at radius 3 is 2.41 bits per heavy atom. The normalized spacial score (nSPS) is 12.8. The molecule has 0 aliphatic heterocycles. The van der Waals surface area contributed by atoms with Gasteiger partial charge in [0.15, 0.2) is 0 Å². The summed E-state index contributed by atoms with van der Waals surface area (Å²) in [6.45, 7) is 9.35. The molecule has 1 aromatic carbocycles. The summed E-state index contributed by atoms with van der Waals surface area (Å²) in [6, 6.07) is 6.27. The van der Waals surface area contributed by atoms with E-state index >= 15 is 0 Å². The van der Waals surface area contributed by atoms with E-state index in [0.717, 1.165) is 30.9 Å². The molecule has 0 aromatic heterocycles. The Kier molecular flexibility index (Phi) is 5.45. The maximum atomic E-state index is 5.92. The summed E-state index contributed by atoms with van der Waals surface area (Å²) in [7, 11) is 1.71. The molecule has 3 nitrogen and oxygen atoms in total. The van der Waals surface area contributed by atoms with Crippen molar-refractivity contribution in [2.24, 2.45) is 5.73 Å². The largest absolute Gasteiger partial charge is 0.496 e. The number of rotatable bonds is 6. The van der Waals surface area contributed by atoms with Gasteiger partial charge in [-0.25, -0.2) is 0 Å². The van der Waals surface area contributed by atoms with Crippen LogP contribution in [0.5, 0.6) is 5.75 Å². The number of ether oxygens (including phenoxy) is 1. The molecule has 1 unspecified atom stereocenters. The molecule has 0 radical (unpaired) electrons. The van der Waals surface area contributed by atoms with Gasteiger partial charge < -0.3 is 10.5 Å². The summed E-state index contributed by atoms with van der Waals surface area (Å²) < 4.78 is 5.40. The quantitative estimate of drug-likeness (QED) is 0.825. The lowest BCUT2D eigenvalue weighted by atomic mass is 10.0. The van der Waals surface area contributed by atoms with E-state index in [1.807, 2.05) is 19.1 Å². The lowest BCUT2D eigenvalue weighted by Gasteiger charge is -2.20. The van der Waals surface area contributed by atoms with Crippen molar-refractivity contribution in [1.82, 2.24) is 4.90 Å². The van der Waals surface area contributed by atoms with Crippen LogP contribution in [-0.4, -0.2) is 25.1 Å². The predicted molar refractivity (Wildman–Crippen MR) is 72.2 cm³/mol. The second-order valence-electron chi connectivity index (χ2n) is 4.32. The first kappa shape index (κ1) is 14.0. The van der Waals surface area contributed by atoms with Crippen LogP contribution >= 0.6 is 0 Å². The third-order valence-corrected chi connectivity index (χ3v) is 3.12. The molecule has 0 saturated heterocycles. The van der Waals surface area contributed by atoms with E-state index in [-0.39, 0.29) is 6.04 Å². The molecular formula is C14H24N2O. The molecule has 0 saturated carbocycles. The lowest BCUT2D eigenvalue weighted by Crippen LogP contribution is -2.22. The van der Waals surface area contributed by atoms with Gasteiger partial charge in [-0.2, -0.15) is 0 Å². The number of nitrogens with two attached hydrogens (primary N) is 1. The van der Waals surface area contributed by atoms with Gasteiger partial charge in [-0.05, 0) is 37.7 Å². The van der Waals surface area contributed by atoms with Crippen LogP contribution in [0.4, 0.5) is 0 Å². The maximum Gasteiger partial charge on any atom is 0.123 e. The molecule has 1 aromatic rings. The zero-order valence-corrected chi connectivity index (χ0v) is 11.4. The van der Waals surface area contributed by atoms with Gasteiger partial charge in [0.2, 0.25) is 0 Å². The van der Waals surface area contributed by atoms with Crippen LogP contribution in [0.15, 0.2) is 18.2 Å². The highest BCUT2D eigenvalue weighted by atomic mass is 16.5. The predicted octanol–water partition coefficient (Wildman–Crippen LogP) is 2.56. The summed E-state index contributed by atoms with van der Waals surface area (Å²) in [5, 5.41) is 0. The smallest absolute Gasteiger partial charge is 0.123 e. The molecule has 17 heavy (non-hydrogen) atoms. The highest BCUT2D eigenvalue weighted by Gasteiger charge is 2.09. The number of methoxy groups -OCH3 is 1. The van der Waals surface area contributed by atoms with Crippen molar-refractivity contribution >= 4 is 0 Å². The lowest BCUT2D eigenvalue weighted by molar-refractivity contribution is 0.289. The first-order valence-electron chi connectivity index (χ1n) is 6.27. The molecule has 0 spiro atoms. The van der Waals surface area contributed by atoms with Crippen LogP contribution in [0.3, 0.4) is 0 Å². The summed E-state index contributed by atoms with van der Waals surface area (Å²) in [4.78, 5) is 2.36. The molecule has 2 N–H and O–H groups in total. The van der Waals surface area contributed by atoms with E-state index in [1.165, 1.54) is 5.56 Å². The molecule has 0 amide bonds. The van der Waals surface area contributed by atoms with E-state index in [2.05, 4.69) is 24.8 Å². The highest BCUT2D eigenvalue weighted by Crippen LogP contribution is 2.23. The number of hydrogen-bond acceptors (Lipinski definition) is 3. The SMILES string of the molecule is CCN(CC)Cc1cc(C(C)N)ccc1OC. The molecule has 0 aliphatic carbocycles. The monoisotopic (exact) mass is 236 g/mol. The fourth-order valence-electron chi connectivity index (χ4n) is 1.89. The van der Waals surface area contributed by atoms with E-state index in [0.29, 0.717) is 0 Å². The molecule has 1 atom stereocenters. The van der Waals surface area contributed by atoms with E-state index in [4.69, 9.17) is 10.5 Å². The summed E-state index contributed by atoms with van der Waals surface area (Å²) >= 11 is 0. The van der Waals surface area contributed by atoms with Crippen molar-refractivity contribution in [1.29, 1.82) is 0 Å². The molecule has 0 bridgehead atoms. The van der Waals surface area contributed by atoms with Gasteiger partial charge in [-0.3, -0.25) is 4.90 Å². The van der Waals surface area contributed by atoms with Crippen LogP contribution in [0.2, 0.25) is 0 Å². The zero-order valence-electron chi connectivity index (χ0n) is 11.4. The van der Waals surface area contributed by atoms with Gasteiger partial charge in [-0.15, -0.1) is 0 Å². The Morgan fingerprint density at radius 2 is 1.94 bits per heavy atom. The maximum absolute atomic E-state index is 5.92. The van der Waals surface area contributed by atoms with Crippen molar-refractivity contribution in [2.75, 3.05) is 20.2 Å². The van der Waals surface area contributed by atoms with E-state index < -0.39 is 0 Å². The summed E-state index contributed by atoms with van der Waals surface area (Å²) in [6.07, 6.45) is 0. The fourth-order valence-corrected chi connectivity index (χ4v) is 1.89. The Labute approximate surface area is 105 Å². The number of hydrogen-bond donors (Lipinski definition) is 1. The topological polar surface area (TPSA) is 38.5 Å². The van der Waals surface area contributed by atoms with Crippen molar-refractivity contribution < 1.29 is 4.74 Å². The van der Waals surface area contributed by atoms with Crippen molar-refractivity contribution in [2.45, 2.75) is 33.4 Å². The number of nitrogens with zero attached hydrogens (tertiary/aromatic N) is 1. The van der Waals surface area contributed by atoms with Crippen molar-refractivity contribution in [3.8, 4) is 5.75 Å². The molecule has 0 heterocycles. The molecule has 96 valence electrons. The average molecular weight is 236 g/mol. The Bertz CT molecular complexity index is 346. The van der Waals surface area contributed by atoms with Gasteiger partial charge in [-0.1, -0.05) is 19.9 Å². The third kappa shape index (κ3) is 3.72. The Hall–Kier alpha value is -1.06. The van der Waals surface area contributed by atoms with Crippen molar-refractivity contribution in [3.63, 3.8) is 0 Å². The first-order chi connectivity index (χ1) is 8.12. The van der Waals surface area contributed by atoms with Gasteiger partial charge in [0.05, 0.1) is 7.11 Å². The van der Waals surface area contributed by atoms with Gasteiger partial charge in [0.1, 0.15) is 5.75 Å². The second kappa shape index (κ2) is 6.62. The summed E-state index contributed by atoms with van der Waals surface area (Å²) in [5.41, 5.74) is 8.29. The van der Waals surface area contributed by atoms with Crippen LogP contribution in [-0.2, 0) is 6.54 Å². The molecule has 0 fully saturated rings. The van der Waals surface area contributed by atoms with Crippen LogP contribution in [0.1, 0.15) is 37.9 Å². The fraction of sp³-hybridized carbons (Fsp3) is 0.571. The van der Waals surface area contributed by atoms with Gasteiger partial charge in [0, 0.05) is 18.2 Å². The first-order valence-corrected chi connectivity index (χ1v) is 6.27. The number of benzene rings is 1. The molecule has 3 heteroatoms. The molecule has 1 rings (SSSR count). The standard InChI is InChI=1S/C14H24N2O/c1-5-16(6-2)10-13-9-12(11(3)15)7-8-14(13)17-4/h7-9,11H,5-6,10,15H2,1-4H3. The Balaban J connectivity index is 2.97. The van der Waals surface area contributed by atoms with Gasteiger partial charge >= 0.3 is 0 Å². The third-order valence-electron chi connectivity index (χ3n) is 3.12. The minimum absolute atomic E-state index is 0.0661. The van der Waals surface area contributed by atoms with E-state index in [1.54, 1.807) is 7.11 Å².